The van der Waals surface area contributed by atoms with E-state index in [1.54, 1.807) is 0 Å². The van der Waals surface area contributed by atoms with Crippen LogP contribution in [0.4, 0.5) is 0 Å². The van der Waals surface area contributed by atoms with Crippen LogP contribution in [0.2, 0.25) is 0 Å². The Labute approximate surface area is 93.1 Å². The van der Waals surface area contributed by atoms with E-state index in [0.717, 1.165) is 45.1 Å². The number of hydrogen-bond donors (Lipinski definition) is 2. The minimum absolute atomic E-state index is 0.562. The molecule has 1 unspecified atom stereocenters. The molecule has 2 N–H and O–H groups in total. The predicted octanol–water partition coefficient (Wildman–Crippen LogP) is 0.656. The maximum atomic E-state index is 4.39. The number of aliphatic imine (C=N–C) groups is 1. The summed E-state index contributed by atoms with van der Waals surface area (Å²) in [5, 5.41) is 6.64. The van der Waals surface area contributed by atoms with Gasteiger partial charge in [0.05, 0.1) is 0 Å². The molecule has 0 bridgehead atoms. The number of nitrogens with one attached hydrogen (secondary N) is 2. The van der Waals surface area contributed by atoms with Gasteiger partial charge in [-0.2, -0.15) is 0 Å². The molecule has 0 aromatic rings. The number of nitrogens with zero attached hydrogens (tertiary/aromatic N) is 2. The van der Waals surface area contributed by atoms with Crippen molar-refractivity contribution in [2.24, 2.45) is 4.99 Å². The fraction of sp³-hybridized carbons (Fsp3) is 0.909. The van der Waals surface area contributed by atoms with E-state index in [2.05, 4.69) is 41.3 Å². The van der Waals surface area contributed by atoms with E-state index in [0.29, 0.717) is 6.04 Å². The SMILES string of the molecule is CCN(CC)C(C)CNC1=NCCCN1. The molecule has 1 atom stereocenters. The van der Waals surface area contributed by atoms with Gasteiger partial charge in [-0.3, -0.25) is 9.89 Å². The zero-order chi connectivity index (χ0) is 11.1. The number of guanidine groups is 1. The zero-order valence-electron chi connectivity index (χ0n) is 10.2. The van der Waals surface area contributed by atoms with Gasteiger partial charge >= 0.3 is 0 Å². The van der Waals surface area contributed by atoms with Crippen LogP contribution in [0.25, 0.3) is 0 Å². The molecule has 15 heavy (non-hydrogen) atoms. The van der Waals surface area contributed by atoms with Crippen LogP contribution in [0.5, 0.6) is 0 Å². The average molecular weight is 212 g/mol. The van der Waals surface area contributed by atoms with Crippen molar-refractivity contribution < 1.29 is 0 Å². The fourth-order valence-electron chi connectivity index (χ4n) is 1.87. The van der Waals surface area contributed by atoms with Crippen molar-refractivity contribution >= 4 is 5.96 Å². The lowest BCUT2D eigenvalue weighted by molar-refractivity contribution is 0.231. The molecule has 0 aromatic heterocycles. The van der Waals surface area contributed by atoms with Gasteiger partial charge < -0.3 is 10.6 Å². The Hall–Kier alpha value is -0.770. The van der Waals surface area contributed by atoms with Gasteiger partial charge in [0.1, 0.15) is 0 Å². The van der Waals surface area contributed by atoms with E-state index in [1.807, 2.05) is 0 Å². The molecule has 0 amide bonds. The van der Waals surface area contributed by atoms with E-state index < -0.39 is 0 Å². The predicted molar refractivity (Wildman–Crippen MR) is 65.3 cm³/mol. The van der Waals surface area contributed by atoms with Gasteiger partial charge in [0.15, 0.2) is 5.96 Å². The molecule has 88 valence electrons. The summed E-state index contributed by atoms with van der Waals surface area (Å²) in [5.74, 6) is 0.972. The maximum absolute atomic E-state index is 4.39. The molecule has 0 aromatic carbocycles. The van der Waals surface area contributed by atoms with Crippen molar-refractivity contribution in [3.8, 4) is 0 Å². The monoisotopic (exact) mass is 212 g/mol. The third-order valence-electron chi connectivity index (χ3n) is 2.90. The third-order valence-corrected chi connectivity index (χ3v) is 2.90. The molecule has 4 heteroatoms. The fourth-order valence-corrected chi connectivity index (χ4v) is 1.87. The van der Waals surface area contributed by atoms with Crippen LogP contribution in [-0.4, -0.2) is 49.6 Å². The molecule has 0 saturated heterocycles. The van der Waals surface area contributed by atoms with Crippen LogP contribution in [-0.2, 0) is 0 Å². The number of likely N-dealkylation sites (N-methyl/N-ethyl adjacent to an activating group) is 1. The second-order valence-corrected chi connectivity index (χ2v) is 3.96. The van der Waals surface area contributed by atoms with Crippen LogP contribution in [0.1, 0.15) is 27.2 Å². The molecule has 1 aliphatic rings. The van der Waals surface area contributed by atoms with Crippen molar-refractivity contribution in [3.63, 3.8) is 0 Å². The highest BCUT2D eigenvalue weighted by molar-refractivity contribution is 5.80. The topological polar surface area (TPSA) is 39.7 Å². The van der Waals surface area contributed by atoms with E-state index in [-0.39, 0.29) is 0 Å². The van der Waals surface area contributed by atoms with Gasteiger partial charge in [-0.1, -0.05) is 13.8 Å². The molecular formula is C11H24N4. The van der Waals surface area contributed by atoms with Crippen molar-refractivity contribution in [2.45, 2.75) is 33.2 Å². The number of hydrogen-bond acceptors (Lipinski definition) is 4. The molecule has 1 rings (SSSR count). The minimum atomic E-state index is 0.562. The molecule has 1 aliphatic heterocycles. The molecule has 0 spiro atoms. The van der Waals surface area contributed by atoms with Crippen molar-refractivity contribution in [1.29, 1.82) is 0 Å². The highest BCUT2D eigenvalue weighted by atomic mass is 15.2. The summed E-state index contributed by atoms with van der Waals surface area (Å²) in [6.07, 6.45) is 1.15. The first-order valence-corrected chi connectivity index (χ1v) is 6.04. The molecule has 1 heterocycles. The first-order valence-electron chi connectivity index (χ1n) is 6.04. The summed E-state index contributed by atoms with van der Waals surface area (Å²) in [5.41, 5.74) is 0. The lowest BCUT2D eigenvalue weighted by atomic mass is 10.3. The van der Waals surface area contributed by atoms with Crippen molar-refractivity contribution in [3.05, 3.63) is 0 Å². The van der Waals surface area contributed by atoms with Crippen LogP contribution in [0.3, 0.4) is 0 Å². The van der Waals surface area contributed by atoms with E-state index in [9.17, 15) is 0 Å². The molecule has 0 radical (unpaired) electrons. The summed E-state index contributed by atoms with van der Waals surface area (Å²) in [7, 11) is 0. The molecule has 0 saturated carbocycles. The first-order chi connectivity index (χ1) is 7.27. The van der Waals surface area contributed by atoms with E-state index in [1.165, 1.54) is 0 Å². The summed E-state index contributed by atoms with van der Waals surface area (Å²) >= 11 is 0. The highest BCUT2D eigenvalue weighted by Gasteiger charge is 2.10. The summed E-state index contributed by atoms with van der Waals surface area (Å²) in [4.78, 5) is 6.83. The molecule has 0 aliphatic carbocycles. The van der Waals surface area contributed by atoms with Gasteiger partial charge in [-0.15, -0.1) is 0 Å². The first kappa shape index (κ1) is 12.3. The van der Waals surface area contributed by atoms with Crippen LogP contribution in [0.15, 0.2) is 4.99 Å². The van der Waals surface area contributed by atoms with Gasteiger partial charge in [-0.05, 0) is 26.4 Å². The second-order valence-electron chi connectivity index (χ2n) is 3.96. The Bertz CT molecular complexity index is 199. The number of rotatable bonds is 5. The Morgan fingerprint density at radius 3 is 2.73 bits per heavy atom. The van der Waals surface area contributed by atoms with Crippen LogP contribution < -0.4 is 10.6 Å². The average Bonchev–Trinajstić information content (AvgIpc) is 2.29. The normalized spacial score (nSPS) is 18.3. The maximum Gasteiger partial charge on any atom is 0.191 e. The van der Waals surface area contributed by atoms with Crippen LogP contribution in [0, 0.1) is 0 Å². The largest absolute Gasteiger partial charge is 0.356 e. The third kappa shape index (κ3) is 4.08. The lowest BCUT2D eigenvalue weighted by Crippen LogP contribution is -2.47. The summed E-state index contributed by atoms with van der Waals surface area (Å²) < 4.78 is 0. The van der Waals surface area contributed by atoms with Gasteiger partial charge in [0, 0.05) is 25.7 Å². The van der Waals surface area contributed by atoms with Gasteiger partial charge in [0.25, 0.3) is 0 Å². The van der Waals surface area contributed by atoms with Crippen molar-refractivity contribution in [2.75, 3.05) is 32.7 Å². The van der Waals surface area contributed by atoms with Gasteiger partial charge in [-0.25, -0.2) is 0 Å². The Morgan fingerprint density at radius 1 is 1.47 bits per heavy atom. The molecule has 4 nitrogen and oxygen atoms in total. The standard InChI is InChI=1S/C11H24N4/c1-4-15(5-2)10(3)9-14-11-12-7-6-8-13-11/h10H,4-9H2,1-3H3,(H2,12,13,14). The lowest BCUT2D eigenvalue weighted by Gasteiger charge is -2.27. The Kier molecular flexibility index (Phi) is 5.47. The van der Waals surface area contributed by atoms with Gasteiger partial charge in [0.2, 0.25) is 0 Å². The summed E-state index contributed by atoms with van der Waals surface area (Å²) in [6.45, 7) is 11.8. The van der Waals surface area contributed by atoms with E-state index >= 15 is 0 Å². The minimum Gasteiger partial charge on any atom is -0.356 e. The second kappa shape index (κ2) is 6.67. The molecule has 0 fully saturated rings. The summed E-state index contributed by atoms with van der Waals surface area (Å²) in [6, 6.07) is 0.562. The smallest absolute Gasteiger partial charge is 0.191 e. The Balaban J connectivity index is 2.25. The highest BCUT2D eigenvalue weighted by Crippen LogP contribution is 1.96. The van der Waals surface area contributed by atoms with E-state index in [4.69, 9.17) is 0 Å². The van der Waals surface area contributed by atoms with Crippen LogP contribution >= 0.6 is 0 Å². The Morgan fingerprint density at radius 2 is 2.20 bits per heavy atom. The zero-order valence-corrected chi connectivity index (χ0v) is 10.2. The van der Waals surface area contributed by atoms with Crippen molar-refractivity contribution in [1.82, 2.24) is 15.5 Å². The quantitative estimate of drug-likeness (QED) is 0.703. The molecular weight excluding hydrogens is 188 g/mol.